The fraction of sp³-hybridized carbons (Fsp3) is 0.400. The van der Waals surface area contributed by atoms with Crippen LogP contribution in [0.25, 0.3) is 5.53 Å². The van der Waals surface area contributed by atoms with Crippen molar-refractivity contribution in [2.45, 2.75) is 36.6 Å². The first-order valence-electron chi connectivity index (χ1n) is 7.38. The minimum atomic E-state index is -0.793. The van der Waals surface area contributed by atoms with E-state index in [1.54, 1.807) is 0 Å². The van der Waals surface area contributed by atoms with Crippen molar-refractivity contribution >= 4 is 35.0 Å². The number of nitrogens with zero attached hydrogens (tertiary/aromatic N) is 4. The second-order valence-electron chi connectivity index (χ2n) is 6.21. The number of hydrogen-bond acceptors (Lipinski definition) is 6. The summed E-state index contributed by atoms with van der Waals surface area (Å²) in [5.41, 5.74) is 9.46. The Hall–Kier alpha value is -2.71. The molecule has 9 nitrogen and oxygen atoms in total. The van der Waals surface area contributed by atoms with Gasteiger partial charge in [0, 0.05) is 16.9 Å². The maximum Gasteiger partial charge on any atom is 0.388 e. The standard InChI is InChI=1S/C15H14N4O5S/c1-15(2)11(18-12(20)10(17-16)13(18)25-15)14(21)24-7-8-3-5-9(6-4-8)19(22)23/h3-6,11,13H,7H2,1-2H3/t11-,13+/m0/s1. The number of fused-ring (bicyclic) bond motifs is 1. The second kappa shape index (κ2) is 5.98. The van der Waals surface area contributed by atoms with Crippen molar-refractivity contribution in [2.24, 2.45) is 0 Å². The molecule has 2 aliphatic heterocycles. The summed E-state index contributed by atoms with van der Waals surface area (Å²) in [6.07, 6.45) is 0. The van der Waals surface area contributed by atoms with Crippen LogP contribution in [0.1, 0.15) is 19.4 Å². The van der Waals surface area contributed by atoms with Crippen molar-refractivity contribution in [3.8, 4) is 0 Å². The number of thioether (sulfide) groups is 1. The van der Waals surface area contributed by atoms with Crippen LogP contribution in [0, 0.1) is 10.1 Å². The molecule has 2 heterocycles. The average Bonchev–Trinajstić information content (AvgIpc) is 2.81. The molecule has 2 fully saturated rings. The summed E-state index contributed by atoms with van der Waals surface area (Å²) in [4.78, 5) is 39.0. The maximum absolute atomic E-state index is 12.5. The molecular formula is C15H14N4O5S. The summed E-state index contributed by atoms with van der Waals surface area (Å²) in [5.74, 6) is -1.05. The molecular weight excluding hydrogens is 348 g/mol. The van der Waals surface area contributed by atoms with Gasteiger partial charge in [-0.3, -0.25) is 19.8 Å². The molecule has 1 aromatic carbocycles. The lowest BCUT2D eigenvalue weighted by atomic mass is 9.97. The number of nitro groups is 1. The number of amides is 1. The Balaban J connectivity index is 1.69. The molecule has 2 aliphatic rings. The average molecular weight is 362 g/mol. The van der Waals surface area contributed by atoms with Crippen molar-refractivity contribution in [3.05, 3.63) is 45.5 Å². The molecule has 25 heavy (non-hydrogen) atoms. The van der Waals surface area contributed by atoms with Gasteiger partial charge in [0.1, 0.15) is 12.6 Å². The Morgan fingerprint density at radius 1 is 1.44 bits per heavy atom. The van der Waals surface area contributed by atoms with Crippen LogP contribution in [0.3, 0.4) is 0 Å². The van der Waals surface area contributed by atoms with Crippen molar-refractivity contribution in [1.82, 2.24) is 4.90 Å². The zero-order chi connectivity index (χ0) is 18.4. The van der Waals surface area contributed by atoms with E-state index in [0.717, 1.165) is 0 Å². The van der Waals surface area contributed by atoms with Crippen LogP contribution >= 0.6 is 11.8 Å². The molecule has 0 bridgehead atoms. The van der Waals surface area contributed by atoms with E-state index in [1.165, 1.54) is 40.9 Å². The van der Waals surface area contributed by atoms with Gasteiger partial charge in [-0.15, -0.1) is 11.8 Å². The molecule has 0 aromatic heterocycles. The quantitative estimate of drug-likeness (QED) is 0.199. The topological polar surface area (TPSA) is 126 Å². The Labute approximate surface area is 146 Å². The summed E-state index contributed by atoms with van der Waals surface area (Å²) >= 11 is 1.36. The van der Waals surface area contributed by atoms with Crippen molar-refractivity contribution in [1.29, 1.82) is 0 Å². The number of nitro benzene ring substituents is 1. The molecule has 1 amide bonds. The van der Waals surface area contributed by atoms with E-state index in [-0.39, 0.29) is 18.0 Å². The minimum absolute atomic E-state index is 0.0312. The smallest absolute Gasteiger partial charge is 0.388 e. The highest BCUT2D eigenvalue weighted by Gasteiger charge is 2.67. The van der Waals surface area contributed by atoms with E-state index in [2.05, 4.69) is 4.79 Å². The Morgan fingerprint density at radius 3 is 2.64 bits per heavy atom. The van der Waals surface area contributed by atoms with Crippen LogP contribution in [-0.2, 0) is 20.9 Å². The van der Waals surface area contributed by atoms with Crippen LogP contribution in [-0.4, -0.2) is 48.4 Å². The molecule has 0 saturated carbocycles. The number of β-lactam (4-membered cyclic amide) rings is 1. The first-order chi connectivity index (χ1) is 11.8. The molecule has 2 saturated heterocycles. The van der Waals surface area contributed by atoms with E-state index >= 15 is 0 Å². The molecule has 130 valence electrons. The highest BCUT2D eigenvalue weighted by molar-refractivity contribution is 8.02. The Bertz CT molecular complexity index is 816. The number of esters is 1. The summed E-state index contributed by atoms with van der Waals surface area (Å²) < 4.78 is 4.70. The van der Waals surface area contributed by atoms with Crippen LogP contribution in [0.15, 0.2) is 24.3 Å². The van der Waals surface area contributed by atoms with Crippen LogP contribution < -0.4 is 0 Å². The largest absolute Gasteiger partial charge is 0.459 e. The van der Waals surface area contributed by atoms with E-state index < -0.39 is 33.0 Å². The molecule has 2 atom stereocenters. The number of carbonyl (C=O) groups is 2. The highest BCUT2D eigenvalue weighted by atomic mass is 32.2. The lowest BCUT2D eigenvalue weighted by molar-refractivity contribution is -0.384. The van der Waals surface area contributed by atoms with Gasteiger partial charge in [0.25, 0.3) is 5.69 Å². The van der Waals surface area contributed by atoms with E-state index in [0.29, 0.717) is 5.56 Å². The summed E-state index contributed by atoms with van der Waals surface area (Å²) in [6, 6.07) is 4.88. The van der Waals surface area contributed by atoms with Gasteiger partial charge in [-0.05, 0) is 31.5 Å². The minimum Gasteiger partial charge on any atom is -0.459 e. The molecule has 0 spiro atoms. The monoisotopic (exact) mass is 362 g/mol. The summed E-state index contributed by atoms with van der Waals surface area (Å²) in [5, 5.41) is 10.2. The molecule has 0 N–H and O–H groups in total. The zero-order valence-corrected chi connectivity index (χ0v) is 14.2. The van der Waals surface area contributed by atoms with Gasteiger partial charge in [-0.25, -0.2) is 4.79 Å². The zero-order valence-electron chi connectivity index (χ0n) is 13.4. The van der Waals surface area contributed by atoms with E-state index in [9.17, 15) is 19.7 Å². The molecule has 0 aliphatic carbocycles. The van der Waals surface area contributed by atoms with Gasteiger partial charge >= 0.3 is 17.6 Å². The maximum atomic E-state index is 12.5. The first-order valence-corrected chi connectivity index (χ1v) is 8.26. The van der Waals surface area contributed by atoms with Gasteiger partial charge < -0.3 is 10.3 Å². The van der Waals surface area contributed by atoms with Gasteiger partial charge in [0.15, 0.2) is 5.37 Å². The Morgan fingerprint density at radius 2 is 2.08 bits per heavy atom. The highest BCUT2D eigenvalue weighted by Crippen LogP contribution is 2.49. The number of benzene rings is 1. The Kier molecular flexibility index (Phi) is 4.09. The number of ether oxygens (including phenoxy) is 1. The van der Waals surface area contributed by atoms with Crippen molar-refractivity contribution in [2.75, 3.05) is 0 Å². The predicted molar refractivity (Wildman–Crippen MR) is 87.6 cm³/mol. The first kappa shape index (κ1) is 17.1. The fourth-order valence-corrected chi connectivity index (χ4v) is 4.40. The van der Waals surface area contributed by atoms with E-state index in [1.807, 2.05) is 13.8 Å². The van der Waals surface area contributed by atoms with E-state index in [4.69, 9.17) is 10.3 Å². The van der Waals surface area contributed by atoms with Gasteiger partial charge in [0.05, 0.1) is 4.92 Å². The van der Waals surface area contributed by atoms with Crippen molar-refractivity contribution < 1.29 is 24.0 Å². The van der Waals surface area contributed by atoms with Gasteiger partial charge in [0.2, 0.25) is 0 Å². The lowest BCUT2D eigenvalue weighted by Crippen LogP contribution is -2.63. The van der Waals surface area contributed by atoms with Crippen molar-refractivity contribution in [3.63, 3.8) is 0 Å². The SMILES string of the molecule is CC1(C)S[C@@H]2C(=[N+]=[N-])C(=O)N2[C@H]1C(=O)OCc1ccc([N+](=O)[O-])cc1. The van der Waals surface area contributed by atoms with Crippen LogP contribution in [0.5, 0.6) is 0 Å². The predicted octanol–water partition coefficient (Wildman–Crippen LogP) is 1.37. The number of rotatable bonds is 4. The second-order valence-corrected chi connectivity index (χ2v) is 7.94. The third-order valence-electron chi connectivity index (χ3n) is 4.15. The third kappa shape index (κ3) is 2.79. The molecule has 1 aromatic rings. The fourth-order valence-electron chi connectivity index (χ4n) is 2.90. The molecule has 10 heteroatoms. The summed E-state index contributed by atoms with van der Waals surface area (Å²) in [6.45, 7) is 3.58. The number of carbonyl (C=O) groups excluding carboxylic acids is 2. The third-order valence-corrected chi connectivity index (χ3v) is 5.66. The van der Waals surface area contributed by atoms with Gasteiger partial charge in [-0.2, -0.15) is 4.79 Å². The van der Waals surface area contributed by atoms with Crippen LogP contribution in [0.2, 0.25) is 0 Å². The normalized spacial score (nSPS) is 23.5. The molecule has 0 radical (unpaired) electrons. The van der Waals surface area contributed by atoms with Crippen LogP contribution in [0.4, 0.5) is 5.69 Å². The molecule has 3 rings (SSSR count). The number of non-ortho nitro benzene ring substituents is 1. The summed E-state index contributed by atoms with van der Waals surface area (Å²) in [7, 11) is 0. The number of hydrogen-bond donors (Lipinski definition) is 0. The lowest BCUT2D eigenvalue weighted by Gasteiger charge is -2.33. The van der Waals surface area contributed by atoms with Gasteiger partial charge in [-0.1, -0.05) is 0 Å². The molecule has 0 unspecified atom stereocenters.